The summed E-state index contributed by atoms with van der Waals surface area (Å²) in [6, 6.07) is 15.3. The molecule has 2 aromatic carbocycles. The Kier molecular flexibility index (Phi) is 7.91. The standard InChI is InChI=1S/C20H23IN2O2/c1-3-4-6-11-18(15-9-7-5-8-10-15)22-23-20(24)16-12-13-19(25-2)17(21)14-16/h5,7-10,12-14H,3-4,6,11H2,1-2H3,(H,23,24)/b22-18-. The van der Waals surface area contributed by atoms with Crippen molar-refractivity contribution in [2.45, 2.75) is 32.6 Å². The van der Waals surface area contributed by atoms with Gasteiger partial charge in [0.05, 0.1) is 16.4 Å². The van der Waals surface area contributed by atoms with Gasteiger partial charge in [-0.05, 0) is 59.2 Å². The van der Waals surface area contributed by atoms with E-state index in [-0.39, 0.29) is 5.91 Å². The van der Waals surface area contributed by atoms with Gasteiger partial charge in [-0.25, -0.2) is 5.43 Å². The van der Waals surface area contributed by atoms with Crippen molar-refractivity contribution < 1.29 is 9.53 Å². The second-order valence-electron chi connectivity index (χ2n) is 5.67. The van der Waals surface area contributed by atoms with E-state index in [9.17, 15) is 4.79 Å². The number of carbonyl (C=O) groups excluding carboxylic acids is 1. The minimum Gasteiger partial charge on any atom is -0.496 e. The highest BCUT2D eigenvalue weighted by molar-refractivity contribution is 14.1. The number of carbonyl (C=O) groups is 1. The van der Waals surface area contributed by atoms with E-state index in [4.69, 9.17) is 4.74 Å². The SMILES string of the molecule is CCCCC/C(=N/NC(=O)c1ccc(OC)c(I)c1)c1ccccc1. The summed E-state index contributed by atoms with van der Waals surface area (Å²) in [5.74, 6) is 0.537. The number of hydrogen-bond donors (Lipinski definition) is 1. The molecule has 0 aromatic heterocycles. The van der Waals surface area contributed by atoms with Gasteiger partial charge in [0.25, 0.3) is 5.91 Å². The van der Waals surface area contributed by atoms with Crippen LogP contribution in [0, 0.1) is 3.57 Å². The number of rotatable bonds is 8. The molecule has 1 amide bonds. The summed E-state index contributed by atoms with van der Waals surface area (Å²) in [7, 11) is 1.62. The van der Waals surface area contributed by atoms with Crippen molar-refractivity contribution >= 4 is 34.2 Å². The monoisotopic (exact) mass is 450 g/mol. The highest BCUT2D eigenvalue weighted by Gasteiger charge is 2.09. The molecular formula is C20H23IN2O2. The number of halogens is 1. The number of ether oxygens (including phenoxy) is 1. The van der Waals surface area contributed by atoms with Crippen molar-refractivity contribution in [1.82, 2.24) is 5.43 Å². The zero-order chi connectivity index (χ0) is 18.1. The molecule has 4 nitrogen and oxygen atoms in total. The fourth-order valence-electron chi connectivity index (χ4n) is 2.43. The summed E-state index contributed by atoms with van der Waals surface area (Å²) in [5, 5.41) is 4.40. The molecule has 132 valence electrons. The molecule has 0 bridgehead atoms. The average molecular weight is 450 g/mol. The molecule has 0 saturated heterocycles. The Bertz CT molecular complexity index is 730. The van der Waals surface area contributed by atoms with Gasteiger partial charge in [0, 0.05) is 5.56 Å². The van der Waals surface area contributed by atoms with Crippen LogP contribution in [0.3, 0.4) is 0 Å². The molecule has 0 unspecified atom stereocenters. The summed E-state index contributed by atoms with van der Waals surface area (Å²) in [5.41, 5.74) is 5.21. The van der Waals surface area contributed by atoms with Gasteiger partial charge >= 0.3 is 0 Å². The normalized spacial score (nSPS) is 11.2. The Morgan fingerprint density at radius 1 is 1.12 bits per heavy atom. The van der Waals surface area contributed by atoms with Gasteiger partial charge in [0.15, 0.2) is 0 Å². The number of hydrogen-bond acceptors (Lipinski definition) is 3. The lowest BCUT2D eigenvalue weighted by Crippen LogP contribution is -2.20. The summed E-state index contributed by atoms with van der Waals surface area (Å²) in [6.07, 6.45) is 4.20. The van der Waals surface area contributed by atoms with E-state index in [0.717, 1.165) is 46.3 Å². The highest BCUT2D eigenvalue weighted by atomic mass is 127. The van der Waals surface area contributed by atoms with E-state index in [2.05, 4.69) is 40.0 Å². The molecule has 0 spiro atoms. The third-order valence-electron chi connectivity index (χ3n) is 3.83. The lowest BCUT2D eigenvalue weighted by atomic mass is 10.0. The average Bonchev–Trinajstić information content (AvgIpc) is 2.65. The van der Waals surface area contributed by atoms with Gasteiger partial charge in [0.2, 0.25) is 0 Å². The third-order valence-corrected chi connectivity index (χ3v) is 4.67. The van der Waals surface area contributed by atoms with Gasteiger partial charge in [0.1, 0.15) is 5.75 Å². The maximum atomic E-state index is 12.4. The van der Waals surface area contributed by atoms with Gasteiger partial charge in [-0.15, -0.1) is 0 Å². The maximum absolute atomic E-state index is 12.4. The van der Waals surface area contributed by atoms with E-state index in [1.165, 1.54) is 0 Å². The van der Waals surface area contributed by atoms with E-state index >= 15 is 0 Å². The van der Waals surface area contributed by atoms with Crippen molar-refractivity contribution in [3.8, 4) is 5.75 Å². The van der Waals surface area contributed by atoms with Crippen LogP contribution >= 0.6 is 22.6 Å². The minimum absolute atomic E-state index is 0.218. The van der Waals surface area contributed by atoms with Crippen molar-refractivity contribution in [2.24, 2.45) is 5.10 Å². The van der Waals surface area contributed by atoms with Gasteiger partial charge in [-0.2, -0.15) is 5.10 Å². The summed E-state index contributed by atoms with van der Waals surface area (Å²) in [4.78, 5) is 12.4. The molecule has 0 aliphatic carbocycles. The number of hydrazone groups is 1. The molecule has 2 aromatic rings. The molecule has 0 fully saturated rings. The highest BCUT2D eigenvalue weighted by Crippen LogP contribution is 2.21. The van der Waals surface area contributed by atoms with E-state index in [1.807, 2.05) is 30.3 Å². The number of methoxy groups -OCH3 is 1. The number of amides is 1. The maximum Gasteiger partial charge on any atom is 0.271 e. The molecule has 0 heterocycles. The molecule has 0 radical (unpaired) electrons. The van der Waals surface area contributed by atoms with Crippen LogP contribution in [-0.4, -0.2) is 18.7 Å². The molecule has 25 heavy (non-hydrogen) atoms. The van der Waals surface area contributed by atoms with E-state index in [1.54, 1.807) is 25.3 Å². The quantitative estimate of drug-likeness (QED) is 0.266. The van der Waals surface area contributed by atoms with Crippen LogP contribution in [0.4, 0.5) is 0 Å². The van der Waals surface area contributed by atoms with Crippen LogP contribution in [0.2, 0.25) is 0 Å². The fourth-order valence-corrected chi connectivity index (χ4v) is 3.16. The third kappa shape index (κ3) is 5.85. The molecule has 0 aliphatic rings. The molecular weight excluding hydrogens is 427 g/mol. The molecule has 2 rings (SSSR count). The second kappa shape index (κ2) is 10.2. The molecule has 0 atom stereocenters. The fraction of sp³-hybridized carbons (Fsp3) is 0.300. The van der Waals surface area contributed by atoms with Crippen LogP contribution in [0.25, 0.3) is 0 Å². The molecule has 1 N–H and O–H groups in total. The van der Waals surface area contributed by atoms with Crippen molar-refractivity contribution in [2.75, 3.05) is 7.11 Å². The molecule has 0 saturated carbocycles. The second-order valence-corrected chi connectivity index (χ2v) is 6.83. The van der Waals surface area contributed by atoms with Crippen molar-refractivity contribution in [3.63, 3.8) is 0 Å². The van der Waals surface area contributed by atoms with Crippen LogP contribution < -0.4 is 10.2 Å². The van der Waals surface area contributed by atoms with Crippen LogP contribution in [0.1, 0.15) is 48.5 Å². The van der Waals surface area contributed by atoms with E-state index < -0.39 is 0 Å². The summed E-state index contributed by atoms with van der Waals surface area (Å²) < 4.78 is 6.12. The lowest BCUT2D eigenvalue weighted by molar-refractivity contribution is 0.0954. The smallest absolute Gasteiger partial charge is 0.271 e. The topological polar surface area (TPSA) is 50.7 Å². The largest absolute Gasteiger partial charge is 0.496 e. The van der Waals surface area contributed by atoms with Gasteiger partial charge < -0.3 is 4.74 Å². The Morgan fingerprint density at radius 3 is 2.52 bits per heavy atom. The predicted octanol–water partition coefficient (Wildman–Crippen LogP) is 5.01. The lowest BCUT2D eigenvalue weighted by Gasteiger charge is -2.08. The van der Waals surface area contributed by atoms with Crippen molar-refractivity contribution in [3.05, 3.63) is 63.2 Å². The number of nitrogens with zero attached hydrogens (tertiary/aromatic N) is 1. The Labute approximate surface area is 162 Å². The summed E-state index contributed by atoms with van der Waals surface area (Å²) >= 11 is 2.15. The zero-order valence-corrected chi connectivity index (χ0v) is 16.7. The Balaban J connectivity index is 2.13. The van der Waals surface area contributed by atoms with Crippen LogP contribution in [0.15, 0.2) is 53.6 Å². The van der Waals surface area contributed by atoms with Gasteiger partial charge in [-0.1, -0.05) is 50.1 Å². The molecule has 0 aliphatic heterocycles. The first-order valence-corrected chi connectivity index (χ1v) is 9.49. The predicted molar refractivity (Wildman–Crippen MR) is 110 cm³/mol. The Hall–Kier alpha value is -1.89. The molecule has 5 heteroatoms. The number of unbranched alkanes of at least 4 members (excludes halogenated alkanes) is 2. The minimum atomic E-state index is -0.218. The van der Waals surface area contributed by atoms with E-state index in [0.29, 0.717) is 5.56 Å². The zero-order valence-electron chi connectivity index (χ0n) is 14.6. The van der Waals surface area contributed by atoms with Crippen LogP contribution in [0.5, 0.6) is 5.75 Å². The number of nitrogens with one attached hydrogen (secondary N) is 1. The summed E-state index contributed by atoms with van der Waals surface area (Å²) in [6.45, 7) is 2.17. The van der Waals surface area contributed by atoms with Crippen LogP contribution in [-0.2, 0) is 0 Å². The first kappa shape index (κ1) is 19.4. The van der Waals surface area contributed by atoms with Gasteiger partial charge in [-0.3, -0.25) is 4.79 Å². The Morgan fingerprint density at radius 2 is 1.88 bits per heavy atom. The first-order valence-electron chi connectivity index (χ1n) is 8.41. The number of benzene rings is 2. The first-order chi connectivity index (χ1) is 12.2. The van der Waals surface area contributed by atoms with Crippen molar-refractivity contribution in [1.29, 1.82) is 0 Å².